The van der Waals surface area contributed by atoms with E-state index in [1.54, 1.807) is 36.1 Å². The van der Waals surface area contributed by atoms with Gasteiger partial charge < -0.3 is 9.64 Å². The van der Waals surface area contributed by atoms with Crippen molar-refractivity contribution in [2.24, 2.45) is 5.92 Å². The van der Waals surface area contributed by atoms with Crippen LogP contribution in [0.15, 0.2) is 24.3 Å². The fourth-order valence-corrected chi connectivity index (χ4v) is 2.48. The molecule has 0 saturated carbocycles. The molecule has 5 nitrogen and oxygen atoms in total. The average Bonchev–Trinajstić information content (AvgIpc) is 2.54. The Hall–Kier alpha value is -2.35. The first kappa shape index (κ1) is 15.0. The minimum Gasteiger partial charge on any atom is -0.466 e. The summed E-state index contributed by atoms with van der Waals surface area (Å²) in [7, 11) is 0. The van der Waals surface area contributed by atoms with Gasteiger partial charge in [-0.15, -0.1) is 0 Å². The van der Waals surface area contributed by atoms with E-state index in [-0.39, 0.29) is 17.8 Å². The second-order valence-electron chi connectivity index (χ2n) is 5.03. The summed E-state index contributed by atoms with van der Waals surface area (Å²) in [4.78, 5) is 25.9. The monoisotopic (exact) mass is 286 g/mol. The zero-order chi connectivity index (χ0) is 15.2. The standard InChI is InChI=1S/C16H18N2O3/c1-2-21-16(20)14-4-3-9-18(11-14)15(19)13-7-5-12(10-17)6-8-13/h5-8,14H,2-4,9,11H2,1H3/t14-/m1/s1. The number of benzene rings is 1. The average molecular weight is 286 g/mol. The number of hydrogen-bond donors (Lipinski definition) is 0. The maximum absolute atomic E-state index is 12.4. The molecular weight excluding hydrogens is 268 g/mol. The van der Waals surface area contributed by atoms with Crippen LogP contribution in [0.1, 0.15) is 35.7 Å². The van der Waals surface area contributed by atoms with Gasteiger partial charge in [-0.25, -0.2) is 0 Å². The largest absolute Gasteiger partial charge is 0.466 e. The molecule has 0 radical (unpaired) electrons. The molecule has 0 unspecified atom stereocenters. The van der Waals surface area contributed by atoms with Crippen molar-refractivity contribution in [3.63, 3.8) is 0 Å². The fourth-order valence-electron chi connectivity index (χ4n) is 2.48. The molecule has 1 aromatic rings. The fraction of sp³-hybridized carbons (Fsp3) is 0.438. The van der Waals surface area contributed by atoms with Gasteiger partial charge in [0.1, 0.15) is 0 Å². The number of hydrogen-bond acceptors (Lipinski definition) is 4. The SMILES string of the molecule is CCOC(=O)[C@@H]1CCCN(C(=O)c2ccc(C#N)cc2)C1. The van der Waals surface area contributed by atoms with E-state index < -0.39 is 0 Å². The van der Waals surface area contributed by atoms with Crippen molar-refractivity contribution < 1.29 is 14.3 Å². The Morgan fingerprint density at radius 2 is 2.10 bits per heavy atom. The van der Waals surface area contributed by atoms with E-state index >= 15 is 0 Å². The van der Waals surface area contributed by atoms with Gasteiger partial charge in [-0.3, -0.25) is 9.59 Å². The quantitative estimate of drug-likeness (QED) is 0.797. The van der Waals surface area contributed by atoms with Crippen LogP contribution in [0.2, 0.25) is 0 Å². The summed E-state index contributed by atoms with van der Waals surface area (Å²) in [6.45, 7) is 3.19. The van der Waals surface area contributed by atoms with Crippen molar-refractivity contribution in [2.45, 2.75) is 19.8 Å². The smallest absolute Gasteiger partial charge is 0.310 e. The highest BCUT2D eigenvalue weighted by Crippen LogP contribution is 2.20. The third-order valence-corrected chi connectivity index (χ3v) is 3.59. The molecule has 1 fully saturated rings. The first-order chi connectivity index (χ1) is 10.2. The molecule has 5 heteroatoms. The number of amides is 1. The number of ether oxygens (including phenoxy) is 1. The van der Waals surface area contributed by atoms with Crippen molar-refractivity contribution in [3.05, 3.63) is 35.4 Å². The number of nitriles is 1. The van der Waals surface area contributed by atoms with E-state index in [1.165, 1.54) is 0 Å². The summed E-state index contributed by atoms with van der Waals surface area (Å²) in [6, 6.07) is 8.57. The topological polar surface area (TPSA) is 70.4 Å². The van der Waals surface area contributed by atoms with Crippen molar-refractivity contribution in [1.29, 1.82) is 5.26 Å². The molecule has 1 saturated heterocycles. The normalized spacial score (nSPS) is 17.9. The Kier molecular flexibility index (Phi) is 4.94. The molecule has 0 aromatic heterocycles. The van der Waals surface area contributed by atoms with E-state index in [1.807, 2.05) is 6.07 Å². The molecule has 1 amide bonds. The minimum absolute atomic E-state index is 0.103. The van der Waals surface area contributed by atoms with Crippen LogP contribution in [0.5, 0.6) is 0 Å². The van der Waals surface area contributed by atoms with Gasteiger partial charge in [0.15, 0.2) is 0 Å². The van der Waals surface area contributed by atoms with Crippen LogP contribution in [-0.4, -0.2) is 36.5 Å². The van der Waals surface area contributed by atoms with Gasteiger partial charge in [-0.2, -0.15) is 5.26 Å². The second kappa shape index (κ2) is 6.89. The maximum Gasteiger partial charge on any atom is 0.310 e. The van der Waals surface area contributed by atoms with Gasteiger partial charge in [0, 0.05) is 18.7 Å². The highest BCUT2D eigenvalue weighted by atomic mass is 16.5. The van der Waals surface area contributed by atoms with Gasteiger partial charge in [0.2, 0.25) is 0 Å². The van der Waals surface area contributed by atoms with Crippen LogP contribution in [0.3, 0.4) is 0 Å². The van der Waals surface area contributed by atoms with Crippen LogP contribution in [0, 0.1) is 17.2 Å². The molecule has 1 aliphatic heterocycles. The minimum atomic E-state index is -0.235. The van der Waals surface area contributed by atoms with Crippen LogP contribution in [0.4, 0.5) is 0 Å². The van der Waals surface area contributed by atoms with Crippen molar-refractivity contribution in [3.8, 4) is 6.07 Å². The number of carbonyl (C=O) groups is 2. The lowest BCUT2D eigenvalue weighted by Gasteiger charge is -2.31. The predicted molar refractivity (Wildman–Crippen MR) is 76.4 cm³/mol. The number of esters is 1. The molecule has 110 valence electrons. The van der Waals surface area contributed by atoms with Crippen molar-refractivity contribution in [1.82, 2.24) is 4.90 Å². The first-order valence-electron chi connectivity index (χ1n) is 7.11. The Morgan fingerprint density at radius 3 is 2.71 bits per heavy atom. The first-order valence-corrected chi connectivity index (χ1v) is 7.11. The highest BCUT2D eigenvalue weighted by Gasteiger charge is 2.29. The number of carbonyl (C=O) groups excluding carboxylic acids is 2. The lowest BCUT2D eigenvalue weighted by molar-refractivity contribution is -0.149. The Bertz CT molecular complexity index is 560. The van der Waals surface area contributed by atoms with Crippen LogP contribution >= 0.6 is 0 Å². The van der Waals surface area contributed by atoms with Crippen LogP contribution in [-0.2, 0) is 9.53 Å². The molecule has 2 rings (SSSR count). The Labute approximate surface area is 124 Å². The third kappa shape index (κ3) is 3.60. The summed E-state index contributed by atoms with van der Waals surface area (Å²) in [5.41, 5.74) is 1.06. The number of likely N-dealkylation sites (tertiary alicyclic amines) is 1. The van der Waals surface area contributed by atoms with E-state index in [0.29, 0.717) is 30.8 Å². The summed E-state index contributed by atoms with van der Waals surface area (Å²) in [5.74, 6) is -0.565. The second-order valence-corrected chi connectivity index (χ2v) is 5.03. The van der Waals surface area contributed by atoms with E-state index in [0.717, 1.165) is 12.8 Å². The summed E-state index contributed by atoms with van der Waals surface area (Å²) < 4.78 is 5.03. The van der Waals surface area contributed by atoms with E-state index in [4.69, 9.17) is 10.00 Å². The number of nitrogens with zero attached hydrogens (tertiary/aromatic N) is 2. The highest BCUT2D eigenvalue weighted by molar-refractivity contribution is 5.94. The zero-order valence-corrected chi connectivity index (χ0v) is 12.0. The lowest BCUT2D eigenvalue weighted by atomic mass is 9.97. The molecule has 0 bridgehead atoms. The molecule has 1 heterocycles. The number of rotatable bonds is 3. The lowest BCUT2D eigenvalue weighted by Crippen LogP contribution is -2.42. The molecule has 1 atom stereocenters. The van der Waals surface area contributed by atoms with Gasteiger partial charge in [-0.1, -0.05) is 0 Å². The zero-order valence-electron chi connectivity index (χ0n) is 12.0. The predicted octanol–water partition coefficient (Wildman–Crippen LogP) is 1.97. The Morgan fingerprint density at radius 1 is 1.38 bits per heavy atom. The molecule has 0 aliphatic carbocycles. The van der Waals surface area contributed by atoms with Crippen LogP contribution < -0.4 is 0 Å². The third-order valence-electron chi connectivity index (χ3n) is 3.59. The van der Waals surface area contributed by atoms with Gasteiger partial charge in [0.05, 0.1) is 24.2 Å². The van der Waals surface area contributed by atoms with Crippen molar-refractivity contribution >= 4 is 11.9 Å². The van der Waals surface area contributed by atoms with Crippen LogP contribution in [0.25, 0.3) is 0 Å². The van der Waals surface area contributed by atoms with E-state index in [2.05, 4.69) is 0 Å². The van der Waals surface area contributed by atoms with E-state index in [9.17, 15) is 9.59 Å². The molecular formula is C16H18N2O3. The summed E-state index contributed by atoms with van der Waals surface area (Å²) in [6.07, 6.45) is 1.56. The molecule has 0 N–H and O–H groups in total. The Balaban J connectivity index is 2.04. The maximum atomic E-state index is 12.4. The molecule has 1 aromatic carbocycles. The van der Waals surface area contributed by atoms with Gasteiger partial charge in [0.25, 0.3) is 5.91 Å². The van der Waals surface area contributed by atoms with Gasteiger partial charge >= 0.3 is 5.97 Å². The summed E-state index contributed by atoms with van der Waals surface area (Å²) in [5, 5.41) is 8.77. The van der Waals surface area contributed by atoms with Crippen molar-refractivity contribution in [2.75, 3.05) is 19.7 Å². The molecule has 21 heavy (non-hydrogen) atoms. The van der Waals surface area contributed by atoms with Gasteiger partial charge in [-0.05, 0) is 44.0 Å². The summed E-state index contributed by atoms with van der Waals surface area (Å²) >= 11 is 0. The molecule has 0 spiro atoms. The molecule has 1 aliphatic rings. The number of piperidine rings is 1.